The van der Waals surface area contributed by atoms with Crippen molar-refractivity contribution in [1.82, 2.24) is 0 Å². The third-order valence-corrected chi connectivity index (χ3v) is 2.93. The van der Waals surface area contributed by atoms with Crippen molar-refractivity contribution >= 4 is 23.0 Å². The van der Waals surface area contributed by atoms with E-state index in [0.717, 1.165) is 6.07 Å². The number of carbonyl (C=O) groups is 1. The van der Waals surface area contributed by atoms with Gasteiger partial charge in [0.2, 0.25) is 0 Å². The molecule has 0 aromatic heterocycles. The van der Waals surface area contributed by atoms with Crippen LogP contribution in [0.4, 0.5) is 21.5 Å². The van der Waals surface area contributed by atoms with Crippen LogP contribution < -0.4 is 5.32 Å². The van der Waals surface area contributed by atoms with Crippen LogP contribution in [-0.4, -0.2) is 16.0 Å². The fourth-order valence-electron chi connectivity index (χ4n) is 1.94. The van der Waals surface area contributed by atoms with E-state index in [-0.39, 0.29) is 11.4 Å². The fraction of sp³-hybridized carbons (Fsp3) is 0.0714. The zero-order chi connectivity index (χ0) is 15.6. The lowest BCUT2D eigenvalue weighted by Crippen LogP contribution is -2.06. The van der Waals surface area contributed by atoms with E-state index in [1.807, 2.05) is 0 Å². The molecule has 6 nitrogen and oxygen atoms in total. The second-order valence-corrected chi connectivity index (χ2v) is 4.32. The summed E-state index contributed by atoms with van der Waals surface area (Å²) >= 11 is 0. The molecule has 0 saturated heterocycles. The molecule has 0 aliphatic heterocycles. The molecule has 0 atom stereocenters. The average molecular weight is 290 g/mol. The molecule has 0 fully saturated rings. The number of aromatic carboxylic acids is 1. The Labute approximate surface area is 119 Å². The van der Waals surface area contributed by atoms with Gasteiger partial charge in [-0.25, -0.2) is 9.18 Å². The van der Waals surface area contributed by atoms with Gasteiger partial charge in [-0.2, -0.15) is 0 Å². The number of nitro benzene ring substituents is 1. The van der Waals surface area contributed by atoms with Crippen LogP contribution in [0.25, 0.3) is 0 Å². The highest BCUT2D eigenvalue weighted by Gasteiger charge is 2.24. The molecule has 108 valence electrons. The van der Waals surface area contributed by atoms with Crippen molar-refractivity contribution in [3.05, 3.63) is 63.5 Å². The van der Waals surface area contributed by atoms with Crippen LogP contribution in [0.2, 0.25) is 0 Å². The molecule has 0 spiro atoms. The first-order chi connectivity index (χ1) is 9.91. The molecule has 2 aromatic rings. The number of carboxylic acid groups (broad SMARTS) is 1. The number of halogens is 1. The van der Waals surface area contributed by atoms with E-state index < -0.39 is 28.0 Å². The Morgan fingerprint density at radius 3 is 2.52 bits per heavy atom. The second-order valence-electron chi connectivity index (χ2n) is 4.32. The zero-order valence-electron chi connectivity index (χ0n) is 11.0. The van der Waals surface area contributed by atoms with E-state index in [2.05, 4.69) is 5.32 Å². The lowest BCUT2D eigenvalue weighted by molar-refractivity contribution is -0.384. The molecule has 2 aromatic carbocycles. The smallest absolute Gasteiger partial charge is 0.342 e. The Balaban J connectivity index is 2.57. The topological polar surface area (TPSA) is 92.5 Å². The van der Waals surface area contributed by atoms with Gasteiger partial charge in [0.1, 0.15) is 17.1 Å². The summed E-state index contributed by atoms with van der Waals surface area (Å²) in [6.45, 7) is 1.64. The number of hydrogen-bond donors (Lipinski definition) is 2. The first-order valence-electron chi connectivity index (χ1n) is 5.94. The van der Waals surface area contributed by atoms with Crippen molar-refractivity contribution in [2.45, 2.75) is 6.92 Å². The SMILES string of the molecule is Cc1cccc(F)c1Nc1cccc(C(=O)O)c1[N+](=O)[O-]. The van der Waals surface area contributed by atoms with Crippen LogP contribution in [0.5, 0.6) is 0 Å². The molecule has 0 bridgehead atoms. The number of nitrogens with zero attached hydrogens (tertiary/aromatic N) is 1. The number of nitro groups is 1. The minimum atomic E-state index is -1.42. The predicted octanol–water partition coefficient (Wildman–Crippen LogP) is 3.48. The second kappa shape index (κ2) is 5.58. The number of hydrogen-bond acceptors (Lipinski definition) is 4. The van der Waals surface area contributed by atoms with E-state index in [1.54, 1.807) is 13.0 Å². The third kappa shape index (κ3) is 2.81. The molecule has 2 N–H and O–H groups in total. The number of carboxylic acids is 1. The lowest BCUT2D eigenvalue weighted by atomic mass is 10.1. The van der Waals surface area contributed by atoms with E-state index in [4.69, 9.17) is 5.11 Å². The summed E-state index contributed by atoms with van der Waals surface area (Å²) in [6.07, 6.45) is 0. The van der Waals surface area contributed by atoms with Gasteiger partial charge >= 0.3 is 11.7 Å². The van der Waals surface area contributed by atoms with Crippen LogP contribution in [0.1, 0.15) is 15.9 Å². The highest BCUT2D eigenvalue weighted by Crippen LogP contribution is 2.33. The molecule has 0 radical (unpaired) electrons. The van der Waals surface area contributed by atoms with E-state index >= 15 is 0 Å². The molecule has 0 amide bonds. The van der Waals surface area contributed by atoms with Crippen molar-refractivity contribution < 1.29 is 19.2 Å². The maximum Gasteiger partial charge on any atom is 0.342 e. The fourth-order valence-corrected chi connectivity index (χ4v) is 1.94. The summed E-state index contributed by atoms with van der Waals surface area (Å²) in [6, 6.07) is 8.17. The van der Waals surface area contributed by atoms with Crippen molar-refractivity contribution in [2.75, 3.05) is 5.32 Å². The molecular weight excluding hydrogens is 279 g/mol. The van der Waals surface area contributed by atoms with Gasteiger partial charge in [-0.15, -0.1) is 0 Å². The number of benzene rings is 2. The number of aryl methyl sites for hydroxylation is 1. The first-order valence-corrected chi connectivity index (χ1v) is 5.94. The minimum Gasteiger partial charge on any atom is -0.477 e. The Bertz CT molecular complexity index is 711. The monoisotopic (exact) mass is 290 g/mol. The third-order valence-electron chi connectivity index (χ3n) is 2.93. The molecule has 0 saturated carbocycles. The quantitative estimate of drug-likeness (QED) is 0.664. The van der Waals surface area contributed by atoms with Gasteiger partial charge in [-0.3, -0.25) is 10.1 Å². The number of rotatable bonds is 4. The van der Waals surface area contributed by atoms with Crippen molar-refractivity contribution in [3.8, 4) is 0 Å². The Morgan fingerprint density at radius 1 is 1.29 bits per heavy atom. The van der Waals surface area contributed by atoms with Crippen molar-refractivity contribution in [2.24, 2.45) is 0 Å². The van der Waals surface area contributed by atoms with E-state index in [9.17, 15) is 19.3 Å². The standard InChI is InChI=1S/C14H11FN2O4/c1-8-4-2-6-10(15)12(8)16-11-7-3-5-9(14(18)19)13(11)17(20)21/h2-7,16H,1H3,(H,18,19). The first kappa shape index (κ1) is 14.4. The highest BCUT2D eigenvalue weighted by molar-refractivity contribution is 5.96. The average Bonchev–Trinajstić information content (AvgIpc) is 2.42. The summed E-state index contributed by atoms with van der Waals surface area (Å²) in [5.74, 6) is -2.00. The Morgan fingerprint density at radius 2 is 1.95 bits per heavy atom. The Hall–Kier alpha value is -2.96. The van der Waals surface area contributed by atoms with Gasteiger partial charge in [0, 0.05) is 0 Å². The van der Waals surface area contributed by atoms with Gasteiger partial charge in [0.25, 0.3) is 0 Å². The molecule has 2 rings (SSSR count). The zero-order valence-corrected chi connectivity index (χ0v) is 11.0. The summed E-state index contributed by atoms with van der Waals surface area (Å²) < 4.78 is 13.8. The number of nitrogens with one attached hydrogen (secondary N) is 1. The van der Waals surface area contributed by atoms with Crippen molar-refractivity contribution in [1.29, 1.82) is 0 Å². The maximum atomic E-state index is 13.8. The van der Waals surface area contributed by atoms with Crippen LogP contribution in [0.15, 0.2) is 36.4 Å². The summed E-state index contributed by atoms with van der Waals surface area (Å²) in [5.41, 5.74) is -0.520. The molecule has 0 unspecified atom stereocenters. The van der Waals surface area contributed by atoms with Gasteiger partial charge < -0.3 is 10.4 Å². The van der Waals surface area contributed by atoms with Crippen LogP contribution >= 0.6 is 0 Å². The Kier molecular flexibility index (Phi) is 3.84. The summed E-state index contributed by atoms with van der Waals surface area (Å²) in [5, 5.41) is 22.7. The molecule has 21 heavy (non-hydrogen) atoms. The van der Waals surface area contributed by atoms with Crippen LogP contribution in [-0.2, 0) is 0 Å². The normalized spacial score (nSPS) is 10.2. The van der Waals surface area contributed by atoms with Gasteiger partial charge in [-0.05, 0) is 30.7 Å². The maximum absolute atomic E-state index is 13.8. The largest absolute Gasteiger partial charge is 0.477 e. The number of anilines is 2. The number of para-hydroxylation sites is 2. The van der Waals surface area contributed by atoms with Gasteiger partial charge in [0.15, 0.2) is 0 Å². The highest BCUT2D eigenvalue weighted by atomic mass is 19.1. The lowest BCUT2D eigenvalue weighted by Gasteiger charge is -2.11. The molecular formula is C14H11FN2O4. The van der Waals surface area contributed by atoms with Crippen LogP contribution in [0, 0.1) is 22.9 Å². The molecule has 0 aliphatic rings. The molecule has 0 heterocycles. The summed E-state index contributed by atoms with van der Waals surface area (Å²) in [7, 11) is 0. The van der Waals surface area contributed by atoms with Crippen LogP contribution in [0.3, 0.4) is 0 Å². The summed E-state index contributed by atoms with van der Waals surface area (Å²) in [4.78, 5) is 21.4. The van der Waals surface area contributed by atoms with Crippen molar-refractivity contribution in [3.63, 3.8) is 0 Å². The van der Waals surface area contributed by atoms with E-state index in [0.29, 0.717) is 5.56 Å². The molecule has 0 aliphatic carbocycles. The van der Waals surface area contributed by atoms with E-state index in [1.165, 1.54) is 24.3 Å². The minimum absolute atomic E-state index is 0.0724. The molecule has 7 heteroatoms. The van der Waals surface area contributed by atoms with Gasteiger partial charge in [-0.1, -0.05) is 18.2 Å². The predicted molar refractivity (Wildman–Crippen MR) is 74.5 cm³/mol. The van der Waals surface area contributed by atoms with Gasteiger partial charge in [0.05, 0.1) is 10.6 Å².